The number of nitrogens with two attached hydrogens (primary N) is 1. The number of hydrogen-bond acceptors (Lipinski definition) is 3. The molecular weight excluding hydrogens is 254 g/mol. The third-order valence-corrected chi connectivity index (χ3v) is 3.18. The Morgan fingerprint density at radius 2 is 1.60 bits per heavy atom. The molecular formula is C16H33NO3. The lowest BCUT2D eigenvalue weighted by Gasteiger charge is -2.33. The molecule has 0 aliphatic heterocycles. The topological polar surface area (TPSA) is 61.6 Å². The zero-order valence-electron chi connectivity index (χ0n) is 14.5. The van der Waals surface area contributed by atoms with Crippen molar-refractivity contribution in [3.63, 3.8) is 0 Å². The third-order valence-electron chi connectivity index (χ3n) is 3.18. The van der Waals surface area contributed by atoms with Crippen molar-refractivity contribution in [1.29, 1.82) is 0 Å². The van der Waals surface area contributed by atoms with Gasteiger partial charge in [0.2, 0.25) is 5.91 Å². The average Bonchev–Trinajstić information content (AvgIpc) is 2.11. The van der Waals surface area contributed by atoms with Crippen LogP contribution >= 0.6 is 0 Å². The van der Waals surface area contributed by atoms with Gasteiger partial charge in [0, 0.05) is 0 Å². The van der Waals surface area contributed by atoms with E-state index in [1.165, 1.54) is 0 Å². The van der Waals surface area contributed by atoms with Crippen LogP contribution in [0.15, 0.2) is 0 Å². The number of carbonyl (C=O) groups is 1. The fraction of sp³-hybridized carbons (Fsp3) is 0.938. The molecule has 0 aromatic carbocycles. The summed E-state index contributed by atoms with van der Waals surface area (Å²) in [5.41, 5.74) is 4.32. The first kappa shape index (κ1) is 19.4. The van der Waals surface area contributed by atoms with E-state index in [4.69, 9.17) is 15.2 Å². The molecule has 1 atom stereocenters. The van der Waals surface area contributed by atoms with Crippen molar-refractivity contribution in [2.45, 2.75) is 85.5 Å². The van der Waals surface area contributed by atoms with E-state index >= 15 is 0 Å². The molecule has 0 saturated carbocycles. The summed E-state index contributed by atoms with van der Waals surface area (Å²) >= 11 is 0. The number of rotatable bonds is 8. The summed E-state index contributed by atoms with van der Waals surface area (Å²) in [5.74, 6) is -0.447. The minimum Gasteiger partial charge on any atom is -0.373 e. The molecule has 120 valence electrons. The van der Waals surface area contributed by atoms with Crippen LogP contribution in [0.5, 0.6) is 0 Å². The lowest BCUT2D eigenvalue weighted by molar-refractivity contribution is -0.144. The lowest BCUT2D eigenvalue weighted by Crippen LogP contribution is -2.42. The predicted octanol–water partition coefficient (Wildman–Crippen LogP) is 3.28. The SMILES string of the molecule is CC(CC(C)(C)C)OC(C)(C)CCOC(C)(C)C(N)=O. The summed E-state index contributed by atoms with van der Waals surface area (Å²) in [6.07, 6.45) is 1.91. The summed E-state index contributed by atoms with van der Waals surface area (Å²) in [6.45, 7) is 16.6. The van der Waals surface area contributed by atoms with E-state index in [1.54, 1.807) is 13.8 Å². The Bertz CT molecular complexity index is 316. The summed E-state index contributed by atoms with van der Waals surface area (Å²) < 4.78 is 11.6. The Balaban J connectivity index is 4.23. The molecule has 20 heavy (non-hydrogen) atoms. The zero-order chi connectivity index (χ0) is 16.2. The van der Waals surface area contributed by atoms with Gasteiger partial charge in [0.25, 0.3) is 0 Å². The highest BCUT2D eigenvalue weighted by Crippen LogP contribution is 2.26. The van der Waals surface area contributed by atoms with Crippen molar-refractivity contribution >= 4 is 5.91 Å². The first-order valence-electron chi connectivity index (χ1n) is 7.37. The first-order valence-corrected chi connectivity index (χ1v) is 7.37. The van der Waals surface area contributed by atoms with Crippen LogP contribution in [0.25, 0.3) is 0 Å². The number of primary amides is 1. The molecule has 0 aliphatic rings. The van der Waals surface area contributed by atoms with E-state index in [2.05, 4.69) is 27.7 Å². The minimum absolute atomic E-state index is 0.189. The summed E-state index contributed by atoms with van der Waals surface area (Å²) in [7, 11) is 0. The summed E-state index contributed by atoms with van der Waals surface area (Å²) in [5, 5.41) is 0. The molecule has 0 saturated heterocycles. The van der Waals surface area contributed by atoms with Gasteiger partial charge < -0.3 is 15.2 Å². The van der Waals surface area contributed by atoms with Gasteiger partial charge in [-0.05, 0) is 52.9 Å². The van der Waals surface area contributed by atoms with Crippen LogP contribution in [0.2, 0.25) is 0 Å². The molecule has 0 fully saturated rings. The summed E-state index contributed by atoms with van der Waals surface area (Å²) in [6, 6.07) is 0. The van der Waals surface area contributed by atoms with Gasteiger partial charge in [-0.15, -0.1) is 0 Å². The maximum atomic E-state index is 11.2. The van der Waals surface area contributed by atoms with Crippen LogP contribution in [0.4, 0.5) is 0 Å². The Labute approximate surface area is 124 Å². The Kier molecular flexibility index (Phi) is 6.69. The van der Waals surface area contributed by atoms with Crippen LogP contribution in [-0.4, -0.2) is 29.8 Å². The van der Waals surface area contributed by atoms with Crippen LogP contribution in [0.3, 0.4) is 0 Å². The Morgan fingerprint density at radius 1 is 1.10 bits per heavy atom. The molecule has 0 aliphatic carbocycles. The van der Waals surface area contributed by atoms with Crippen LogP contribution in [0, 0.1) is 5.41 Å². The van der Waals surface area contributed by atoms with Crippen molar-refractivity contribution in [2.24, 2.45) is 11.1 Å². The lowest BCUT2D eigenvalue weighted by atomic mass is 9.89. The molecule has 0 rings (SSSR count). The second kappa shape index (κ2) is 6.90. The maximum absolute atomic E-state index is 11.2. The summed E-state index contributed by atoms with van der Waals surface area (Å²) in [4.78, 5) is 11.2. The number of carbonyl (C=O) groups excluding carboxylic acids is 1. The minimum atomic E-state index is -0.924. The predicted molar refractivity (Wildman–Crippen MR) is 82.5 cm³/mol. The van der Waals surface area contributed by atoms with Crippen molar-refractivity contribution in [3.8, 4) is 0 Å². The number of hydrogen-bond donors (Lipinski definition) is 1. The van der Waals surface area contributed by atoms with Crippen LogP contribution < -0.4 is 5.73 Å². The first-order chi connectivity index (χ1) is 8.75. The van der Waals surface area contributed by atoms with E-state index in [9.17, 15) is 4.79 Å². The second-order valence-corrected chi connectivity index (χ2v) is 7.93. The maximum Gasteiger partial charge on any atom is 0.249 e. The van der Waals surface area contributed by atoms with E-state index in [0.717, 1.165) is 12.8 Å². The third kappa shape index (κ3) is 8.54. The van der Waals surface area contributed by atoms with Gasteiger partial charge in [-0.25, -0.2) is 0 Å². The van der Waals surface area contributed by atoms with E-state index in [1.807, 2.05) is 13.8 Å². The van der Waals surface area contributed by atoms with Gasteiger partial charge in [-0.2, -0.15) is 0 Å². The van der Waals surface area contributed by atoms with Gasteiger partial charge in [0.05, 0.1) is 18.3 Å². The molecule has 1 unspecified atom stereocenters. The average molecular weight is 287 g/mol. The highest BCUT2D eigenvalue weighted by molar-refractivity contribution is 5.82. The monoisotopic (exact) mass is 287 g/mol. The van der Waals surface area contributed by atoms with Crippen LogP contribution in [-0.2, 0) is 14.3 Å². The number of ether oxygens (including phenoxy) is 2. The fourth-order valence-corrected chi connectivity index (χ4v) is 2.13. The standard InChI is InChI=1S/C16H33NO3/c1-12(11-14(2,3)4)20-15(5,6)9-10-19-16(7,8)13(17)18/h12H,9-11H2,1-8H3,(H2,17,18). The van der Waals surface area contributed by atoms with Crippen molar-refractivity contribution < 1.29 is 14.3 Å². The Morgan fingerprint density at radius 3 is 2.00 bits per heavy atom. The second-order valence-electron chi connectivity index (χ2n) is 7.93. The van der Waals surface area contributed by atoms with Gasteiger partial charge >= 0.3 is 0 Å². The van der Waals surface area contributed by atoms with E-state index in [-0.39, 0.29) is 17.1 Å². The molecule has 0 aromatic rings. The largest absolute Gasteiger partial charge is 0.373 e. The highest BCUT2D eigenvalue weighted by Gasteiger charge is 2.28. The van der Waals surface area contributed by atoms with Crippen molar-refractivity contribution in [3.05, 3.63) is 0 Å². The van der Waals surface area contributed by atoms with Gasteiger partial charge in [-0.3, -0.25) is 4.79 Å². The van der Waals surface area contributed by atoms with Gasteiger partial charge in [-0.1, -0.05) is 20.8 Å². The molecule has 4 heteroatoms. The highest BCUT2D eigenvalue weighted by atomic mass is 16.5. The van der Waals surface area contributed by atoms with Crippen molar-refractivity contribution in [1.82, 2.24) is 0 Å². The molecule has 0 bridgehead atoms. The van der Waals surface area contributed by atoms with Crippen molar-refractivity contribution in [2.75, 3.05) is 6.61 Å². The fourth-order valence-electron chi connectivity index (χ4n) is 2.13. The zero-order valence-corrected chi connectivity index (χ0v) is 14.5. The molecule has 4 nitrogen and oxygen atoms in total. The molecule has 0 heterocycles. The van der Waals surface area contributed by atoms with E-state index < -0.39 is 11.5 Å². The smallest absolute Gasteiger partial charge is 0.249 e. The van der Waals surface area contributed by atoms with Crippen LogP contribution in [0.1, 0.15) is 68.2 Å². The molecule has 0 aromatic heterocycles. The Hall–Kier alpha value is -0.610. The van der Waals surface area contributed by atoms with E-state index in [0.29, 0.717) is 6.61 Å². The van der Waals surface area contributed by atoms with Gasteiger partial charge in [0.1, 0.15) is 5.60 Å². The molecule has 0 spiro atoms. The van der Waals surface area contributed by atoms with Gasteiger partial charge in [0.15, 0.2) is 0 Å². The molecule has 2 N–H and O–H groups in total. The molecule has 1 amide bonds. The normalized spacial score (nSPS) is 15.2. The quantitative estimate of drug-likeness (QED) is 0.745. The number of amides is 1. The molecule has 0 radical (unpaired) electrons.